The van der Waals surface area contributed by atoms with Crippen LogP contribution in [0.25, 0.3) is 11.0 Å². The van der Waals surface area contributed by atoms with Gasteiger partial charge in [-0.3, -0.25) is 4.79 Å². The molecule has 0 saturated carbocycles. The van der Waals surface area contributed by atoms with Crippen molar-refractivity contribution in [3.63, 3.8) is 0 Å². The zero-order valence-corrected chi connectivity index (χ0v) is 17.7. The summed E-state index contributed by atoms with van der Waals surface area (Å²) in [4.78, 5) is 12.9. The summed E-state index contributed by atoms with van der Waals surface area (Å²) in [6.45, 7) is -0.155. The van der Waals surface area contributed by atoms with Crippen LogP contribution < -0.4 is 14.9 Å². The number of benzene rings is 3. The first-order valence-electron chi connectivity index (χ1n) is 9.20. The van der Waals surface area contributed by atoms with Gasteiger partial charge in [0, 0.05) is 11.6 Å². The van der Waals surface area contributed by atoms with E-state index in [-0.39, 0.29) is 34.6 Å². The third kappa shape index (κ3) is 4.47. The molecule has 0 spiro atoms. The van der Waals surface area contributed by atoms with Crippen molar-refractivity contribution in [2.45, 2.75) is 12.8 Å². The van der Waals surface area contributed by atoms with Gasteiger partial charge in [0.1, 0.15) is 29.5 Å². The summed E-state index contributed by atoms with van der Waals surface area (Å²) in [6.07, 6.45) is -4.99. The summed E-state index contributed by atoms with van der Waals surface area (Å²) in [7, 11) is 0. The van der Waals surface area contributed by atoms with Gasteiger partial charge in [-0.15, -0.1) is 0 Å². The molecule has 164 valence electrons. The lowest BCUT2D eigenvalue weighted by atomic mass is 10.2. The molecule has 0 unspecified atom stereocenters. The number of rotatable bonds is 5. The van der Waals surface area contributed by atoms with Crippen molar-refractivity contribution >= 4 is 26.9 Å². The van der Waals surface area contributed by atoms with Crippen LogP contribution >= 0.6 is 15.9 Å². The van der Waals surface area contributed by atoms with Gasteiger partial charge >= 0.3 is 6.18 Å². The van der Waals surface area contributed by atoms with E-state index in [4.69, 9.17) is 13.9 Å². The Hall–Kier alpha value is -3.33. The highest BCUT2D eigenvalue weighted by Gasteiger charge is 2.40. The standard InChI is InChI=1S/C23H13BrF4O4/c24-16-6-2-4-8-18(16)31-21-20(29)15-10-9-14(11-19(15)32-22(21)23(26,27)28)30-12-13-5-1-3-7-17(13)25/h1-11H,12H2. The first-order chi connectivity index (χ1) is 15.2. The Kier molecular flexibility index (Phi) is 5.92. The maximum Gasteiger partial charge on any atom is 0.453 e. The quantitative estimate of drug-likeness (QED) is 0.270. The smallest absolute Gasteiger partial charge is 0.453 e. The Balaban J connectivity index is 1.75. The normalized spacial score (nSPS) is 11.5. The number of fused-ring (bicyclic) bond motifs is 1. The van der Waals surface area contributed by atoms with Gasteiger partial charge in [-0.05, 0) is 46.3 Å². The van der Waals surface area contributed by atoms with Crippen LogP contribution in [0.5, 0.6) is 17.2 Å². The topological polar surface area (TPSA) is 48.7 Å². The molecule has 32 heavy (non-hydrogen) atoms. The third-order valence-corrected chi connectivity index (χ3v) is 5.14. The van der Waals surface area contributed by atoms with E-state index in [0.29, 0.717) is 4.47 Å². The zero-order valence-electron chi connectivity index (χ0n) is 16.1. The summed E-state index contributed by atoms with van der Waals surface area (Å²) < 4.78 is 71.0. The number of para-hydroxylation sites is 1. The second-order valence-corrected chi connectivity index (χ2v) is 7.51. The van der Waals surface area contributed by atoms with E-state index in [1.807, 2.05) is 0 Å². The van der Waals surface area contributed by atoms with Crippen LogP contribution in [0.4, 0.5) is 17.6 Å². The molecule has 0 atom stereocenters. The molecule has 4 nitrogen and oxygen atoms in total. The van der Waals surface area contributed by atoms with E-state index >= 15 is 0 Å². The monoisotopic (exact) mass is 508 g/mol. The summed E-state index contributed by atoms with van der Waals surface area (Å²) in [5.74, 6) is -2.90. The number of alkyl halides is 3. The average Bonchev–Trinajstić information content (AvgIpc) is 2.75. The zero-order chi connectivity index (χ0) is 22.9. The summed E-state index contributed by atoms with van der Waals surface area (Å²) in [5, 5.41) is -0.127. The van der Waals surface area contributed by atoms with E-state index in [1.54, 1.807) is 24.3 Å². The van der Waals surface area contributed by atoms with E-state index < -0.39 is 28.9 Å². The van der Waals surface area contributed by atoms with Gasteiger partial charge in [0.25, 0.3) is 5.76 Å². The van der Waals surface area contributed by atoms with Crippen LogP contribution in [-0.2, 0) is 12.8 Å². The van der Waals surface area contributed by atoms with Crippen LogP contribution in [0, 0.1) is 5.82 Å². The van der Waals surface area contributed by atoms with Crippen molar-refractivity contribution in [3.05, 3.63) is 98.6 Å². The third-order valence-electron chi connectivity index (χ3n) is 4.48. The van der Waals surface area contributed by atoms with Gasteiger partial charge in [0.2, 0.25) is 11.2 Å². The molecule has 0 saturated heterocycles. The van der Waals surface area contributed by atoms with Crippen molar-refractivity contribution in [1.82, 2.24) is 0 Å². The van der Waals surface area contributed by atoms with Crippen LogP contribution in [0.1, 0.15) is 11.3 Å². The minimum absolute atomic E-state index is 0.0227. The van der Waals surface area contributed by atoms with E-state index in [0.717, 1.165) is 6.07 Å². The van der Waals surface area contributed by atoms with Crippen molar-refractivity contribution in [1.29, 1.82) is 0 Å². The van der Waals surface area contributed by atoms with Gasteiger partial charge in [-0.25, -0.2) is 4.39 Å². The van der Waals surface area contributed by atoms with Crippen LogP contribution in [0.2, 0.25) is 0 Å². The summed E-state index contributed by atoms with van der Waals surface area (Å²) in [6, 6.07) is 15.9. The van der Waals surface area contributed by atoms with Gasteiger partial charge in [-0.1, -0.05) is 30.3 Å². The van der Waals surface area contributed by atoms with Crippen molar-refractivity contribution < 1.29 is 31.5 Å². The molecule has 9 heteroatoms. The minimum Gasteiger partial charge on any atom is -0.489 e. The molecule has 0 radical (unpaired) electrons. The summed E-state index contributed by atoms with van der Waals surface area (Å²) in [5.41, 5.74) is -1.06. The Labute approximate surface area is 187 Å². The van der Waals surface area contributed by atoms with Gasteiger partial charge < -0.3 is 13.9 Å². The maximum atomic E-state index is 13.8. The largest absolute Gasteiger partial charge is 0.489 e. The van der Waals surface area contributed by atoms with Crippen molar-refractivity contribution in [3.8, 4) is 17.2 Å². The minimum atomic E-state index is -4.99. The first-order valence-corrected chi connectivity index (χ1v) is 10.00. The molecule has 0 amide bonds. The molecule has 1 aromatic heterocycles. The second kappa shape index (κ2) is 8.66. The average molecular weight is 509 g/mol. The number of halogens is 5. The fourth-order valence-electron chi connectivity index (χ4n) is 2.94. The lowest BCUT2D eigenvalue weighted by Crippen LogP contribution is -2.15. The molecule has 4 rings (SSSR count). The number of hydrogen-bond acceptors (Lipinski definition) is 4. The molecule has 0 aliphatic heterocycles. The lowest BCUT2D eigenvalue weighted by molar-refractivity contribution is -0.154. The number of ether oxygens (including phenoxy) is 2. The van der Waals surface area contributed by atoms with Gasteiger partial charge in [0.15, 0.2) is 0 Å². The van der Waals surface area contributed by atoms with Gasteiger partial charge in [0.05, 0.1) is 9.86 Å². The summed E-state index contributed by atoms with van der Waals surface area (Å²) >= 11 is 3.17. The van der Waals surface area contributed by atoms with Crippen LogP contribution in [0.15, 0.2) is 80.4 Å². The highest BCUT2D eigenvalue weighted by atomic mass is 79.9. The fourth-order valence-corrected chi connectivity index (χ4v) is 3.31. The van der Waals surface area contributed by atoms with Crippen molar-refractivity contribution in [2.75, 3.05) is 0 Å². The molecule has 0 fully saturated rings. The highest BCUT2D eigenvalue weighted by molar-refractivity contribution is 9.10. The van der Waals surface area contributed by atoms with Crippen molar-refractivity contribution in [2.24, 2.45) is 0 Å². The predicted octanol–water partition coefficient (Wildman–Crippen LogP) is 7.08. The van der Waals surface area contributed by atoms with E-state index in [2.05, 4.69) is 15.9 Å². The molecule has 0 bridgehead atoms. The Bertz CT molecular complexity index is 1350. The molecule has 0 N–H and O–H groups in total. The van der Waals surface area contributed by atoms with Crippen LogP contribution in [0.3, 0.4) is 0 Å². The lowest BCUT2D eigenvalue weighted by Gasteiger charge is -2.14. The van der Waals surface area contributed by atoms with E-state index in [1.165, 1.54) is 36.4 Å². The molecule has 4 aromatic rings. The maximum absolute atomic E-state index is 13.8. The highest BCUT2D eigenvalue weighted by Crippen LogP contribution is 2.39. The molecule has 3 aromatic carbocycles. The molecular weight excluding hydrogens is 496 g/mol. The predicted molar refractivity (Wildman–Crippen MR) is 112 cm³/mol. The van der Waals surface area contributed by atoms with E-state index in [9.17, 15) is 22.4 Å². The molecule has 0 aliphatic rings. The Morgan fingerprint density at radius 1 is 0.969 bits per heavy atom. The molecule has 1 heterocycles. The molecular formula is C23H13BrF4O4. The first kappa shape index (κ1) is 21.9. The van der Waals surface area contributed by atoms with Crippen LogP contribution in [-0.4, -0.2) is 0 Å². The Morgan fingerprint density at radius 2 is 1.69 bits per heavy atom. The Morgan fingerprint density at radius 3 is 2.41 bits per heavy atom. The van der Waals surface area contributed by atoms with Gasteiger partial charge in [-0.2, -0.15) is 13.2 Å². The second-order valence-electron chi connectivity index (χ2n) is 6.66. The number of hydrogen-bond donors (Lipinski definition) is 0. The SMILES string of the molecule is O=c1c(Oc2ccccc2Br)c(C(F)(F)F)oc2cc(OCc3ccccc3F)ccc12. The fraction of sp³-hybridized carbons (Fsp3) is 0.0870. The molecule has 0 aliphatic carbocycles.